The number of hydrogen-bond acceptors (Lipinski definition) is 1. The first-order chi connectivity index (χ1) is 8.67. The molecule has 1 N–H and O–H groups in total. The average Bonchev–Trinajstić information content (AvgIpc) is 3.15. The van der Waals surface area contributed by atoms with Crippen molar-refractivity contribution >= 4 is 6.03 Å². The Morgan fingerprint density at radius 3 is 2.56 bits per heavy atom. The number of nitrogens with zero attached hydrogens (tertiary/aromatic N) is 1. The summed E-state index contributed by atoms with van der Waals surface area (Å²) in [5.41, 5.74) is 0. The molecule has 1 aliphatic carbocycles. The number of amides is 2. The number of carbonyl (C=O) groups excluding carboxylic acids is 1. The number of hydrogen-bond donors (Lipinski definition) is 1. The highest BCUT2D eigenvalue weighted by atomic mass is 16.2. The van der Waals surface area contributed by atoms with Gasteiger partial charge < -0.3 is 10.2 Å². The molecule has 18 heavy (non-hydrogen) atoms. The van der Waals surface area contributed by atoms with Crippen LogP contribution in [0.4, 0.5) is 4.79 Å². The maximum Gasteiger partial charge on any atom is 0.317 e. The molecule has 1 atom stereocenters. The summed E-state index contributed by atoms with van der Waals surface area (Å²) in [6, 6.07) is 0.440. The molecule has 0 aromatic heterocycles. The molecule has 0 radical (unpaired) electrons. The predicted octanol–water partition coefficient (Wildman–Crippen LogP) is 3.79. The van der Waals surface area contributed by atoms with E-state index in [4.69, 9.17) is 0 Å². The molecule has 1 rings (SSSR count). The summed E-state index contributed by atoms with van der Waals surface area (Å²) in [4.78, 5) is 14.0. The van der Waals surface area contributed by atoms with Crippen molar-refractivity contribution in [2.75, 3.05) is 13.1 Å². The van der Waals surface area contributed by atoms with Crippen LogP contribution in [0.1, 0.15) is 65.7 Å². The second-order valence-electron chi connectivity index (χ2n) is 5.68. The van der Waals surface area contributed by atoms with Crippen LogP contribution in [0.15, 0.2) is 0 Å². The molecular weight excluding hydrogens is 224 g/mol. The van der Waals surface area contributed by atoms with E-state index in [2.05, 4.69) is 26.1 Å². The minimum Gasteiger partial charge on any atom is -0.336 e. The van der Waals surface area contributed by atoms with Crippen LogP contribution in [0.3, 0.4) is 0 Å². The minimum atomic E-state index is 0.132. The molecule has 0 aliphatic heterocycles. The second-order valence-corrected chi connectivity index (χ2v) is 5.68. The fourth-order valence-corrected chi connectivity index (χ4v) is 2.22. The Morgan fingerprint density at radius 1 is 1.28 bits per heavy atom. The fourth-order valence-electron chi connectivity index (χ4n) is 2.22. The van der Waals surface area contributed by atoms with Gasteiger partial charge in [-0.15, -0.1) is 0 Å². The van der Waals surface area contributed by atoms with Crippen LogP contribution in [0.5, 0.6) is 0 Å². The van der Waals surface area contributed by atoms with Gasteiger partial charge in [0.25, 0.3) is 0 Å². The highest BCUT2D eigenvalue weighted by Gasteiger charge is 2.26. The molecular formula is C15H30N2O. The van der Waals surface area contributed by atoms with Gasteiger partial charge in [-0.3, -0.25) is 0 Å². The number of nitrogens with one attached hydrogen (secondary N) is 1. The van der Waals surface area contributed by atoms with Gasteiger partial charge in [-0.25, -0.2) is 4.79 Å². The van der Waals surface area contributed by atoms with Crippen molar-refractivity contribution in [1.82, 2.24) is 10.2 Å². The predicted molar refractivity (Wildman–Crippen MR) is 76.7 cm³/mol. The Balaban J connectivity index is 2.15. The third kappa shape index (κ3) is 6.27. The summed E-state index contributed by atoms with van der Waals surface area (Å²) in [6.45, 7) is 8.18. The molecule has 0 aromatic carbocycles. The van der Waals surface area contributed by atoms with Gasteiger partial charge in [0.05, 0.1) is 0 Å². The van der Waals surface area contributed by atoms with E-state index < -0.39 is 0 Å². The Bertz CT molecular complexity index is 239. The summed E-state index contributed by atoms with van der Waals surface area (Å²) >= 11 is 0. The maximum absolute atomic E-state index is 12.1. The van der Waals surface area contributed by atoms with E-state index in [1.54, 1.807) is 0 Å². The number of unbranched alkanes of at least 4 members (excludes halogenated alkanes) is 3. The van der Waals surface area contributed by atoms with E-state index >= 15 is 0 Å². The lowest BCUT2D eigenvalue weighted by molar-refractivity contribution is 0.194. The average molecular weight is 254 g/mol. The Hall–Kier alpha value is -0.730. The van der Waals surface area contributed by atoms with Gasteiger partial charge in [0, 0.05) is 19.1 Å². The molecule has 0 saturated heterocycles. The van der Waals surface area contributed by atoms with Crippen molar-refractivity contribution in [3.63, 3.8) is 0 Å². The summed E-state index contributed by atoms with van der Waals surface area (Å²) in [5.74, 6) is 0.774. The molecule has 1 aliphatic rings. The third-order valence-corrected chi connectivity index (χ3v) is 3.71. The first kappa shape index (κ1) is 15.3. The quantitative estimate of drug-likeness (QED) is 0.624. The van der Waals surface area contributed by atoms with Crippen LogP contribution in [-0.4, -0.2) is 30.1 Å². The molecule has 1 fully saturated rings. The van der Waals surface area contributed by atoms with Crippen LogP contribution < -0.4 is 5.32 Å². The zero-order valence-electron chi connectivity index (χ0n) is 12.4. The van der Waals surface area contributed by atoms with E-state index in [-0.39, 0.29) is 6.03 Å². The highest BCUT2D eigenvalue weighted by molar-refractivity contribution is 5.74. The van der Waals surface area contributed by atoms with Crippen LogP contribution >= 0.6 is 0 Å². The lowest BCUT2D eigenvalue weighted by Crippen LogP contribution is -2.44. The Kier molecular flexibility index (Phi) is 7.14. The SMILES string of the molecule is CCCCCCC(C)NC(=O)N(CC)CC1CC1. The summed E-state index contributed by atoms with van der Waals surface area (Å²) in [7, 11) is 0. The van der Waals surface area contributed by atoms with Gasteiger partial charge >= 0.3 is 6.03 Å². The monoisotopic (exact) mass is 254 g/mol. The second kappa shape index (κ2) is 8.39. The molecule has 0 bridgehead atoms. The molecule has 106 valence electrons. The molecule has 0 aromatic rings. The van der Waals surface area contributed by atoms with Gasteiger partial charge in [0.1, 0.15) is 0 Å². The number of carbonyl (C=O) groups is 1. The van der Waals surface area contributed by atoms with E-state index in [1.807, 2.05) is 4.90 Å². The van der Waals surface area contributed by atoms with E-state index in [9.17, 15) is 4.79 Å². The van der Waals surface area contributed by atoms with E-state index in [0.29, 0.717) is 6.04 Å². The molecule has 1 saturated carbocycles. The third-order valence-electron chi connectivity index (χ3n) is 3.71. The van der Waals surface area contributed by atoms with Crippen LogP contribution in [0.2, 0.25) is 0 Å². The van der Waals surface area contributed by atoms with Crippen LogP contribution in [0, 0.1) is 5.92 Å². The van der Waals surface area contributed by atoms with Gasteiger partial charge in [-0.2, -0.15) is 0 Å². The largest absolute Gasteiger partial charge is 0.336 e. The molecule has 2 amide bonds. The summed E-state index contributed by atoms with van der Waals surface area (Å²) in [5, 5.41) is 3.13. The van der Waals surface area contributed by atoms with Crippen molar-refractivity contribution in [1.29, 1.82) is 0 Å². The minimum absolute atomic E-state index is 0.132. The zero-order chi connectivity index (χ0) is 13.4. The van der Waals surface area contributed by atoms with E-state index in [0.717, 1.165) is 25.4 Å². The standard InChI is InChI=1S/C15H30N2O/c1-4-6-7-8-9-13(3)16-15(18)17(5-2)12-14-10-11-14/h13-14H,4-12H2,1-3H3,(H,16,18). The Labute approximate surface area is 112 Å². The van der Waals surface area contributed by atoms with Crippen LogP contribution in [0.25, 0.3) is 0 Å². The van der Waals surface area contributed by atoms with Gasteiger partial charge in [-0.05, 0) is 39.0 Å². The van der Waals surface area contributed by atoms with Crippen LogP contribution in [-0.2, 0) is 0 Å². The first-order valence-corrected chi connectivity index (χ1v) is 7.72. The van der Waals surface area contributed by atoms with Crippen molar-refractivity contribution in [3.8, 4) is 0 Å². The van der Waals surface area contributed by atoms with Crippen molar-refractivity contribution in [2.24, 2.45) is 5.92 Å². The smallest absolute Gasteiger partial charge is 0.317 e. The molecule has 0 spiro atoms. The number of rotatable bonds is 9. The van der Waals surface area contributed by atoms with Gasteiger partial charge in [0.15, 0.2) is 0 Å². The lowest BCUT2D eigenvalue weighted by atomic mass is 10.1. The normalized spacial score (nSPS) is 16.4. The lowest BCUT2D eigenvalue weighted by Gasteiger charge is -2.24. The van der Waals surface area contributed by atoms with Gasteiger partial charge in [-0.1, -0.05) is 32.6 Å². The topological polar surface area (TPSA) is 32.3 Å². The first-order valence-electron chi connectivity index (χ1n) is 7.72. The van der Waals surface area contributed by atoms with Crippen molar-refractivity contribution in [3.05, 3.63) is 0 Å². The highest BCUT2D eigenvalue weighted by Crippen LogP contribution is 2.29. The summed E-state index contributed by atoms with van der Waals surface area (Å²) < 4.78 is 0. The number of urea groups is 1. The zero-order valence-corrected chi connectivity index (χ0v) is 12.4. The van der Waals surface area contributed by atoms with E-state index in [1.165, 1.54) is 38.5 Å². The summed E-state index contributed by atoms with van der Waals surface area (Å²) in [6.07, 6.45) is 8.80. The molecule has 1 unspecified atom stereocenters. The van der Waals surface area contributed by atoms with Crippen molar-refractivity contribution in [2.45, 2.75) is 71.8 Å². The molecule has 3 heteroatoms. The Morgan fingerprint density at radius 2 is 2.00 bits per heavy atom. The maximum atomic E-state index is 12.1. The van der Waals surface area contributed by atoms with Crippen molar-refractivity contribution < 1.29 is 4.79 Å². The fraction of sp³-hybridized carbons (Fsp3) is 0.933. The molecule has 0 heterocycles. The van der Waals surface area contributed by atoms with Gasteiger partial charge in [0.2, 0.25) is 0 Å². The molecule has 3 nitrogen and oxygen atoms in total.